The van der Waals surface area contributed by atoms with E-state index < -0.39 is 0 Å². The minimum atomic E-state index is 0.805. The largest absolute Gasteiger partial charge is 0.381 e. The van der Waals surface area contributed by atoms with Crippen LogP contribution in [0.3, 0.4) is 0 Å². The summed E-state index contributed by atoms with van der Waals surface area (Å²) in [6.07, 6.45) is 10.7. The number of hydrogen-bond acceptors (Lipinski definition) is 3. The number of rotatable bonds is 7. The minimum Gasteiger partial charge on any atom is -0.381 e. The first-order valence-electron chi connectivity index (χ1n) is 8.83. The summed E-state index contributed by atoms with van der Waals surface area (Å²) in [4.78, 5) is 5.35. The Morgan fingerprint density at radius 3 is 2.35 bits per heavy atom. The summed E-state index contributed by atoms with van der Waals surface area (Å²) in [6, 6.07) is 1.63. The monoisotopic (exact) mass is 282 g/mol. The standard InChI is InChI=1S/C17H34N2O/c1-3-4-5-6-11-18(2)16-7-12-19(13-8-16)17-9-14-20-15-10-17/h16-17H,3-15H2,1-2H3. The highest BCUT2D eigenvalue weighted by Gasteiger charge is 2.27. The van der Waals surface area contributed by atoms with Gasteiger partial charge in [-0.05, 0) is 58.8 Å². The van der Waals surface area contributed by atoms with Crippen LogP contribution in [0.15, 0.2) is 0 Å². The fourth-order valence-corrected chi connectivity index (χ4v) is 3.71. The van der Waals surface area contributed by atoms with E-state index in [1.165, 1.54) is 71.0 Å². The summed E-state index contributed by atoms with van der Waals surface area (Å²) in [5.41, 5.74) is 0. The van der Waals surface area contributed by atoms with Gasteiger partial charge in [0.15, 0.2) is 0 Å². The van der Waals surface area contributed by atoms with E-state index in [4.69, 9.17) is 4.74 Å². The lowest BCUT2D eigenvalue weighted by molar-refractivity contribution is 0.0158. The van der Waals surface area contributed by atoms with E-state index >= 15 is 0 Å². The first-order valence-corrected chi connectivity index (χ1v) is 8.83. The number of ether oxygens (including phenoxy) is 1. The third kappa shape index (κ3) is 5.01. The number of unbranched alkanes of at least 4 members (excludes halogenated alkanes) is 3. The molecule has 0 N–H and O–H groups in total. The molecule has 20 heavy (non-hydrogen) atoms. The highest BCUT2D eigenvalue weighted by Crippen LogP contribution is 2.22. The fourth-order valence-electron chi connectivity index (χ4n) is 3.71. The SMILES string of the molecule is CCCCCCN(C)C1CCN(C2CCOCC2)CC1. The van der Waals surface area contributed by atoms with Crippen molar-refractivity contribution in [3.63, 3.8) is 0 Å². The number of hydrogen-bond donors (Lipinski definition) is 0. The van der Waals surface area contributed by atoms with Gasteiger partial charge < -0.3 is 14.5 Å². The normalized spacial score (nSPS) is 23.6. The van der Waals surface area contributed by atoms with Gasteiger partial charge in [0.1, 0.15) is 0 Å². The molecule has 0 amide bonds. The van der Waals surface area contributed by atoms with E-state index in [-0.39, 0.29) is 0 Å². The molecule has 2 saturated heterocycles. The molecule has 2 aliphatic heterocycles. The molecular weight excluding hydrogens is 248 g/mol. The third-order valence-corrected chi connectivity index (χ3v) is 5.19. The van der Waals surface area contributed by atoms with Crippen LogP contribution in [-0.4, -0.2) is 61.8 Å². The van der Waals surface area contributed by atoms with Gasteiger partial charge in [-0.1, -0.05) is 26.2 Å². The van der Waals surface area contributed by atoms with Gasteiger partial charge >= 0.3 is 0 Å². The molecule has 2 aliphatic rings. The maximum Gasteiger partial charge on any atom is 0.0480 e. The van der Waals surface area contributed by atoms with Crippen LogP contribution in [0.1, 0.15) is 58.3 Å². The van der Waals surface area contributed by atoms with Crippen LogP contribution >= 0.6 is 0 Å². The van der Waals surface area contributed by atoms with Crippen molar-refractivity contribution in [1.29, 1.82) is 0 Å². The average Bonchev–Trinajstić information content (AvgIpc) is 2.52. The van der Waals surface area contributed by atoms with Gasteiger partial charge in [-0.25, -0.2) is 0 Å². The zero-order chi connectivity index (χ0) is 14.2. The lowest BCUT2D eigenvalue weighted by atomic mass is 9.98. The molecule has 0 aliphatic carbocycles. The second-order valence-corrected chi connectivity index (χ2v) is 6.65. The lowest BCUT2D eigenvalue weighted by Crippen LogP contribution is -2.48. The molecule has 2 fully saturated rings. The van der Waals surface area contributed by atoms with Crippen molar-refractivity contribution < 1.29 is 4.74 Å². The molecule has 0 aromatic rings. The molecule has 3 nitrogen and oxygen atoms in total. The summed E-state index contributed by atoms with van der Waals surface area (Å²) in [5, 5.41) is 0. The second-order valence-electron chi connectivity index (χ2n) is 6.65. The Morgan fingerprint density at radius 2 is 1.70 bits per heavy atom. The lowest BCUT2D eigenvalue weighted by Gasteiger charge is -2.41. The first kappa shape index (κ1) is 16.3. The highest BCUT2D eigenvalue weighted by atomic mass is 16.5. The van der Waals surface area contributed by atoms with E-state index in [0.29, 0.717) is 0 Å². The molecule has 2 heterocycles. The summed E-state index contributed by atoms with van der Waals surface area (Å²) < 4.78 is 5.48. The van der Waals surface area contributed by atoms with E-state index in [0.717, 1.165) is 25.3 Å². The van der Waals surface area contributed by atoms with Gasteiger partial charge in [-0.15, -0.1) is 0 Å². The Balaban J connectivity index is 1.62. The average molecular weight is 282 g/mol. The molecule has 0 bridgehead atoms. The minimum absolute atomic E-state index is 0.805. The molecule has 0 aromatic carbocycles. The van der Waals surface area contributed by atoms with Crippen molar-refractivity contribution >= 4 is 0 Å². The Labute approximate surface area is 125 Å². The molecule has 2 rings (SSSR count). The van der Waals surface area contributed by atoms with Crippen LogP contribution in [-0.2, 0) is 4.74 Å². The predicted octanol–water partition coefficient (Wildman–Crippen LogP) is 3.14. The highest BCUT2D eigenvalue weighted by molar-refractivity contribution is 4.83. The van der Waals surface area contributed by atoms with Crippen LogP contribution in [0.5, 0.6) is 0 Å². The topological polar surface area (TPSA) is 15.7 Å². The summed E-state index contributed by atoms with van der Waals surface area (Å²) in [5.74, 6) is 0. The molecule has 0 unspecified atom stereocenters. The van der Waals surface area contributed by atoms with Crippen molar-refractivity contribution in [3.8, 4) is 0 Å². The zero-order valence-corrected chi connectivity index (χ0v) is 13.6. The van der Waals surface area contributed by atoms with Crippen LogP contribution in [0.2, 0.25) is 0 Å². The van der Waals surface area contributed by atoms with E-state index in [1.54, 1.807) is 0 Å². The van der Waals surface area contributed by atoms with Crippen molar-refractivity contribution in [2.75, 3.05) is 39.9 Å². The van der Waals surface area contributed by atoms with Crippen LogP contribution in [0.25, 0.3) is 0 Å². The van der Waals surface area contributed by atoms with E-state index in [1.807, 2.05) is 0 Å². The van der Waals surface area contributed by atoms with Crippen molar-refractivity contribution in [3.05, 3.63) is 0 Å². The number of likely N-dealkylation sites (tertiary alicyclic amines) is 1. The Morgan fingerprint density at radius 1 is 1.00 bits per heavy atom. The van der Waals surface area contributed by atoms with Gasteiger partial charge in [0.05, 0.1) is 0 Å². The second kappa shape index (κ2) is 9.01. The smallest absolute Gasteiger partial charge is 0.0480 e. The maximum atomic E-state index is 5.48. The van der Waals surface area contributed by atoms with E-state index in [2.05, 4.69) is 23.8 Å². The van der Waals surface area contributed by atoms with Crippen LogP contribution in [0, 0.1) is 0 Å². The molecule has 0 aromatic heterocycles. The van der Waals surface area contributed by atoms with E-state index in [9.17, 15) is 0 Å². The molecule has 0 atom stereocenters. The summed E-state index contributed by atoms with van der Waals surface area (Å²) in [6.45, 7) is 8.13. The zero-order valence-electron chi connectivity index (χ0n) is 13.6. The molecule has 3 heteroatoms. The first-order chi connectivity index (χ1) is 9.81. The van der Waals surface area contributed by atoms with Crippen LogP contribution in [0.4, 0.5) is 0 Å². The fraction of sp³-hybridized carbons (Fsp3) is 1.00. The van der Waals surface area contributed by atoms with Gasteiger partial charge in [-0.2, -0.15) is 0 Å². The summed E-state index contributed by atoms with van der Waals surface area (Å²) >= 11 is 0. The molecule has 0 spiro atoms. The van der Waals surface area contributed by atoms with Crippen molar-refractivity contribution in [2.45, 2.75) is 70.4 Å². The molecule has 0 saturated carbocycles. The number of nitrogens with zero attached hydrogens (tertiary/aromatic N) is 2. The number of piperidine rings is 1. The molecular formula is C17H34N2O. The molecule has 0 radical (unpaired) electrons. The van der Waals surface area contributed by atoms with Gasteiger partial charge in [0.2, 0.25) is 0 Å². The molecule has 118 valence electrons. The Kier molecular flexibility index (Phi) is 7.32. The Bertz CT molecular complexity index is 245. The van der Waals surface area contributed by atoms with Crippen molar-refractivity contribution in [2.24, 2.45) is 0 Å². The summed E-state index contributed by atoms with van der Waals surface area (Å²) in [7, 11) is 2.33. The van der Waals surface area contributed by atoms with Gasteiger partial charge in [-0.3, -0.25) is 0 Å². The quantitative estimate of drug-likeness (QED) is 0.667. The Hall–Kier alpha value is -0.120. The maximum absolute atomic E-state index is 5.48. The third-order valence-electron chi connectivity index (χ3n) is 5.19. The predicted molar refractivity (Wildman–Crippen MR) is 85.2 cm³/mol. The van der Waals surface area contributed by atoms with Crippen molar-refractivity contribution in [1.82, 2.24) is 9.80 Å². The van der Waals surface area contributed by atoms with Crippen LogP contribution < -0.4 is 0 Å². The van der Waals surface area contributed by atoms with Gasteiger partial charge in [0.25, 0.3) is 0 Å². The van der Waals surface area contributed by atoms with Gasteiger partial charge in [0, 0.05) is 25.3 Å².